The lowest BCUT2D eigenvalue weighted by Crippen LogP contribution is -2.29. The molecule has 22 heavy (non-hydrogen) atoms. The van der Waals surface area contributed by atoms with Crippen LogP contribution in [0.15, 0.2) is 48.5 Å². The summed E-state index contributed by atoms with van der Waals surface area (Å²) >= 11 is 6.09. The molecule has 0 atom stereocenters. The normalized spacial score (nSPS) is 10.3. The van der Waals surface area contributed by atoms with Crippen LogP contribution in [-0.2, 0) is 11.2 Å². The second-order valence-corrected chi connectivity index (χ2v) is 5.55. The molecule has 2 rings (SSSR count). The number of ether oxygens (including phenoxy) is 1. The van der Waals surface area contributed by atoms with E-state index in [1.165, 1.54) is 0 Å². The molecule has 0 fully saturated rings. The van der Waals surface area contributed by atoms with Gasteiger partial charge >= 0.3 is 0 Å². The zero-order valence-electron chi connectivity index (χ0n) is 12.6. The number of halogens is 1. The van der Waals surface area contributed by atoms with E-state index >= 15 is 0 Å². The third-order valence-corrected chi connectivity index (χ3v) is 3.66. The van der Waals surface area contributed by atoms with Crippen LogP contribution in [0.25, 0.3) is 0 Å². The molecule has 0 aliphatic rings. The second-order valence-electron chi connectivity index (χ2n) is 5.15. The Hall–Kier alpha value is -2.00. The Morgan fingerprint density at radius 2 is 1.86 bits per heavy atom. The Balaban J connectivity index is 1.64. The van der Waals surface area contributed by atoms with E-state index in [9.17, 15) is 4.79 Å². The lowest BCUT2D eigenvalue weighted by molar-refractivity contribution is -0.123. The maximum absolute atomic E-state index is 11.7. The standard InChI is InChI=1S/C18H20ClNO2/c1-14-8-10-16(11-9-14)22-13-18(21)20-12-4-6-15-5-2-3-7-17(15)19/h2-3,5,7-11H,4,6,12-13H2,1H3,(H,20,21). The minimum absolute atomic E-state index is 0.0369. The summed E-state index contributed by atoms with van der Waals surface area (Å²) in [6.45, 7) is 2.66. The van der Waals surface area contributed by atoms with E-state index in [4.69, 9.17) is 16.3 Å². The molecule has 0 saturated heterocycles. The SMILES string of the molecule is Cc1ccc(OCC(=O)NCCCc2ccccc2Cl)cc1. The largest absolute Gasteiger partial charge is 0.484 e. The number of aryl methyl sites for hydroxylation is 2. The molecular formula is C18H20ClNO2. The van der Waals surface area contributed by atoms with Gasteiger partial charge in [0.05, 0.1) is 0 Å². The minimum Gasteiger partial charge on any atom is -0.484 e. The molecule has 0 unspecified atom stereocenters. The van der Waals surface area contributed by atoms with E-state index < -0.39 is 0 Å². The molecule has 0 aliphatic carbocycles. The maximum Gasteiger partial charge on any atom is 0.257 e. The highest BCUT2D eigenvalue weighted by molar-refractivity contribution is 6.31. The van der Waals surface area contributed by atoms with Crippen LogP contribution in [0.5, 0.6) is 5.75 Å². The first-order valence-corrected chi connectivity index (χ1v) is 7.72. The lowest BCUT2D eigenvalue weighted by Gasteiger charge is -2.08. The molecule has 2 aromatic carbocycles. The van der Waals surface area contributed by atoms with Gasteiger partial charge in [-0.15, -0.1) is 0 Å². The van der Waals surface area contributed by atoms with Crippen molar-refractivity contribution in [2.24, 2.45) is 0 Å². The van der Waals surface area contributed by atoms with Crippen molar-refractivity contribution in [3.8, 4) is 5.75 Å². The van der Waals surface area contributed by atoms with Crippen LogP contribution >= 0.6 is 11.6 Å². The highest BCUT2D eigenvalue weighted by atomic mass is 35.5. The highest BCUT2D eigenvalue weighted by Gasteiger charge is 2.03. The lowest BCUT2D eigenvalue weighted by atomic mass is 10.1. The molecule has 116 valence electrons. The van der Waals surface area contributed by atoms with Gasteiger partial charge in [0.15, 0.2) is 6.61 Å². The predicted molar refractivity (Wildman–Crippen MR) is 89.5 cm³/mol. The summed E-state index contributed by atoms with van der Waals surface area (Å²) in [5, 5.41) is 3.62. The van der Waals surface area contributed by atoms with Gasteiger partial charge in [0.2, 0.25) is 0 Å². The molecule has 0 aromatic heterocycles. The predicted octanol–water partition coefficient (Wildman–Crippen LogP) is 3.78. The van der Waals surface area contributed by atoms with Crippen LogP contribution < -0.4 is 10.1 Å². The van der Waals surface area contributed by atoms with Gasteiger partial charge in [-0.25, -0.2) is 0 Å². The molecule has 1 amide bonds. The molecular weight excluding hydrogens is 298 g/mol. The number of amides is 1. The van der Waals surface area contributed by atoms with Gasteiger partial charge in [0.1, 0.15) is 5.75 Å². The number of hydrogen-bond donors (Lipinski definition) is 1. The number of rotatable bonds is 7. The summed E-state index contributed by atoms with van der Waals surface area (Å²) in [7, 11) is 0. The Morgan fingerprint density at radius 3 is 2.59 bits per heavy atom. The fourth-order valence-corrected chi connectivity index (χ4v) is 2.27. The first-order chi connectivity index (χ1) is 10.6. The third-order valence-electron chi connectivity index (χ3n) is 3.29. The summed E-state index contributed by atoms with van der Waals surface area (Å²) in [5.41, 5.74) is 2.27. The quantitative estimate of drug-likeness (QED) is 0.789. The monoisotopic (exact) mass is 317 g/mol. The van der Waals surface area contributed by atoms with Crippen LogP contribution in [0.4, 0.5) is 0 Å². The number of benzene rings is 2. The molecule has 0 saturated carbocycles. The molecule has 0 heterocycles. The summed E-state index contributed by atoms with van der Waals surface area (Å²) in [6, 6.07) is 15.4. The summed E-state index contributed by atoms with van der Waals surface area (Å²) < 4.78 is 5.42. The van der Waals surface area contributed by atoms with Gasteiger partial charge < -0.3 is 10.1 Å². The molecule has 3 nitrogen and oxygen atoms in total. The molecule has 2 aromatic rings. The number of carbonyl (C=O) groups is 1. The fraction of sp³-hybridized carbons (Fsp3) is 0.278. The van der Waals surface area contributed by atoms with Crippen LogP contribution in [0.2, 0.25) is 5.02 Å². The van der Waals surface area contributed by atoms with Crippen molar-refractivity contribution in [2.45, 2.75) is 19.8 Å². The van der Waals surface area contributed by atoms with Crippen molar-refractivity contribution in [1.82, 2.24) is 5.32 Å². The Bertz CT molecular complexity index is 611. The van der Waals surface area contributed by atoms with E-state index in [-0.39, 0.29) is 12.5 Å². The molecule has 1 N–H and O–H groups in total. The van der Waals surface area contributed by atoms with Gasteiger partial charge in [-0.1, -0.05) is 47.5 Å². The summed E-state index contributed by atoms with van der Waals surface area (Å²) in [4.78, 5) is 11.7. The fourth-order valence-electron chi connectivity index (χ4n) is 2.04. The van der Waals surface area contributed by atoms with Crippen molar-refractivity contribution < 1.29 is 9.53 Å². The zero-order valence-corrected chi connectivity index (χ0v) is 13.4. The van der Waals surface area contributed by atoms with Crippen LogP contribution in [0.3, 0.4) is 0 Å². The van der Waals surface area contributed by atoms with Gasteiger partial charge in [0, 0.05) is 11.6 Å². The van der Waals surface area contributed by atoms with Gasteiger partial charge in [-0.3, -0.25) is 4.79 Å². The molecule has 0 radical (unpaired) electrons. The Labute approximate surface area is 136 Å². The van der Waals surface area contributed by atoms with Gasteiger partial charge in [0.25, 0.3) is 5.91 Å². The topological polar surface area (TPSA) is 38.3 Å². The van der Waals surface area contributed by atoms with E-state index in [0.29, 0.717) is 12.3 Å². The molecule has 4 heteroatoms. The third kappa shape index (κ3) is 5.41. The molecule has 0 spiro atoms. The van der Waals surface area contributed by atoms with Crippen molar-refractivity contribution in [3.63, 3.8) is 0 Å². The van der Waals surface area contributed by atoms with Crippen LogP contribution in [-0.4, -0.2) is 19.1 Å². The Morgan fingerprint density at radius 1 is 1.14 bits per heavy atom. The number of hydrogen-bond acceptors (Lipinski definition) is 2. The average molecular weight is 318 g/mol. The average Bonchev–Trinajstić information content (AvgIpc) is 2.52. The van der Waals surface area contributed by atoms with Crippen LogP contribution in [0, 0.1) is 6.92 Å². The zero-order chi connectivity index (χ0) is 15.8. The minimum atomic E-state index is -0.111. The van der Waals surface area contributed by atoms with E-state index in [2.05, 4.69) is 5.32 Å². The van der Waals surface area contributed by atoms with Crippen LogP contribution in [0.1, 0.15) is 17.5 Å². The Kier molecular flexibility index (Phi) is 6.28. The second kappa shape index (κ2) is 8.44. The van der Waals surface area contributed by atoms with Gasteiger partial charge in [-0.05, 0) is 43.5 Å². The van der Waals surface area contributed by atoms with Crippen molar-refractivity contribution in [3.05, 3.63) is 64.7 Å². The van der Waals surface area contributed by atoms with E-state index in [1.54, 1.807) is 0 Å². The molecule has 0 bridgehead atoms. The number of nitrogens with one attached hydrogen (secondary N) is 1. The highest BCUT2D eigenvalue weighted by Crippen LogP contribution is 2.16. The summed E-state index contributed by atoms with van der Waals surface area (Å²) in [6.07, 6.45) is 1.69. The summed E-state index contributed by atoms with van der Waals surface area (Å²) in [5.74, 6) is 0.594. The first kappa shape index (κ1) is 16.4. The van der Waals surface area contributed by atoms with Crippen molar-refractivity contribution in [2.75, 3.05) is 13.2 Å². The van der Waals surface area contributed by atoms with Gasteiger partial charge in [-0.2, -0.15) is 0 Å². The number of carbonyl (C=O) groups excluding carboxylic acids is 1. The first-order valence-electron chi connectivity index (χ1n) is 7.35. The van der Waals surface area contributed by atoms with Crippen molar-refractivity contribution in [1.29, 1.82) is 0 Å². The maximum atomic E-state index is 11.7. The van der Waals surface area contributed by atoms with E-state index in [0.717, 1.165) is 29.0 Å². The van der Waals surface area contributed by atoms with E-state index in [1.807, 2.05) is 55.5 Å². The molecule has 0 aliphatic heterocycles. The smallest absolute Gasteiger partial charge is 0.257 e. The van der Waals surface area contributed by atoms with Crippen molar-refractivity contribution >= 4 is 17.5 Å².